The van der Waals surface area contributed by atoms with Crippen LogP contribution in [0, 0.1) is 6.92 Å². The summed E-state index contributed by atoms with van der Waals surface area (Å²) in [6.07, 6.45) is 0. The topological polar surface area (TPSA) is 79.3 Å². The number of pyridine rings is 1. The molecule has 1 amide bonds. The molecule has 0 aliphatic carbocycles. The Morgan fingerprint density at radius 1 is 1.33 bits per heavy atom. The number of aryl methyl sites for hydroxylation is 1. The molecule has 0 atom stereocenters. The number of carbonyl (C=O) groups excluding carboxylic acids is 1. The summed E-state index contributed by atoms with van der Waals surface area (Å²) in [5.41, 5.74) is 1.08. The smallest absolute Gasteiger partial charge is 0.338 e. The quantitative estimate of drug-likeness (QED) is 0.890. The first-order valence-corrected chi connectivity index (χ1v) is 6.01. The van der Waals surface area contributed by atoms with Crippen LogP contribution in [-0.4, -0.2) is 22.0 Å². The molecular formula is C12H10N2O3S. The van der Waals surface area contributed by atoms with Crippen LogP contribution in [0.5, 0.6) is 0 Å². The Labute approximate surface area is 107 Å². The monoisotopic (exact) mass is 262 g/mol. The van der Waals surface area contributed by atoms with Gasteiger partial charge in [-0.05, 0) is 30.5 Å². The number of aromatic nitrogens is 1. The van der Waals surface area contributed by atoms with Crippen molar-refractivity contribution in [3.8, 4) is 0 Å². The van der Waals surface area contributed by atoms with E-state index in [9.17, 15) is 9.59 Å². The summed E-state index contributed by atoms with van der Waals surface area (Å²) in [7, 11) is 0. The molecule has 0 unspecified atom stereocenters. The number of carboxylic acid groups (broad SMARTS) is 1. The molecule has 5 nitrogen and oxygen atoms in total. The van der Waals surface area contributed by atoms with Crippen LogP contribution in [0.4, 0.5) is 5.00 Å². The highest BCUT2D eigenvalue weighted by Gasteiger charge is 2.15. The van der Waals surface area contributed by atoms with E-state index >= 15 is 0 Å². The van der Waals surface area contributed by atoms with Gasteiger partial charge in [-0.15, -0.1) is 11.3 Å². The van der Waals surface area contributed by atoms with Crippen molar-refractivity contribution in [1.82, 2.24) is 4.98 Å². The third-order valence-electron chi connectivity index (χ3n) is 2.24. The van der Waals surface area contributed by atoms with Gasteiger partial charge in [-0.2, -0.15) is 0 Å². The summed E-state index contributed by atoms with van der Waals surface area (Å²) in [6.45, 7) is 1.78. The zero-order valence-electron chi connectivity index (χ0n) is 9.51. The number of nitrogens with one attached hydrogen (secondary N) is 1. The first kappa shape index (κ1) is 12.3. The van der Waals surface area contributed by atoms with Gasteiger partial charge in [-0.3, -0.25) is 4.79 Å². The number of nitrogens with zero attached hydrogens (tertiary/aromatic N) is 1. The maximum atomic E-state index is 11.9. The van der Waals surface area contributed by atoms with Crippen LogP contribution in [0.25, 0.3) is 0 Å². The molecule has 6 heteroatoms. The zero-order chi connectivity index (χ0) is 13.1. The number of carboxylic acids is 1. The highest BCUT2D eigenvalue weighted by atomic mass is 32.1. The lowest BCUT2D eigenvalue weighted by atomic mass is 10.3. The third kappa shape index (κ3) is 2.54. The van der Waals surface area contributed by atoms with E-state index in [1.54, 1.807) is 30.5 Å². The van der Waals surface area contributed by atoms with Gasteiger partial charge in [0.25, 0.3) is 5.91 Å². The summed E-state index contributed by atoms with van der Waals surface area (Å²) in [6, 6.07) is 6.54. The van der Waals surface area contributed by atoms with Crippen molar-refractivity contribution < 1.29 is 14.7 Å². The molecule has 2 aromatic rings. The van der Waals surface area contributed by atoms with Crippen molar-refractivity contribution in [1.29, 1.82) is 0 Å². The minimum Gasteiger partial charge on any atom is -0.478 e. The molecule has 0 bridgehead atoms. The van der Waals surface area contributed by atoms with Crippen molar-refractivity contribution >= 4 is 28.2 Å². The molecule has 0 aliphatic rings. The average molecular weight is 262 g/mol. The number of aromatic carboxylic acids is 1. The van der Waals surface area contributed by atoms with E-state index in [1.807, 2.05) is 0 Å². The van der Waals surface area contributed by atoms with Crippen LogP contribution in [0.3, 0.4) is 0 Å². The van der Waals surface area contributed by atoms with E-state index in [4.69, 9.17) is 5.11 Å². The molecule has 2 rings (SSSR count). The highest BCUT2D eigenvalue weighted by molar-refractivity contribution is 7.14. The fourth-order valence-electron chi connectivity index (χ4n) is 1.41. The van der Waals surface area contributed by atoms with E-state index in [0.29, 0.717) is 5.00 Å². The van der Waals surface area contributed by atoms with E-state index < -0.39 is 11.9 Å². The second-order valence-corrected chi connectivity index (χ2v) is 4.50. The predicted molar refractivity (Wildman–Crippen MR) is 68.2 cm³/mol. The number of hydrogen-bond donors (Lipinski definition) is 2. The molecule has 0 fully saturated rings. The standard InChI is InChI=1S/C12H10N2O3S/c1-7-3-2-4-9(13-7)10(15)14-11-8(12(16)17)5-6-18-11/h2-6H,1H3,(H,14,15)(H,16,17). The van der Waals surface area contributed by atoms with Gasteiger partial charge in [0, 0.05) is 5.69 Å². The lowest BCUT2D eigenvalue weighted by Gasteiger charge is -2.04. The molecule has 2 heterocycles. The molecule has 0 spiro atoms. The molecule has 0 saturated heterocycles. The largest absolute Gasteiger partial charge is 0.478 e. The Morgan fingerprint density at radius 2 is 2.11 bits per heavy atom. The van der Waals surface area contributed by atoms with E-state index in [1.165, 1.54) is 6.07 Å². The lowest BCUT2D eigenvalue weighted by Crippen LogP contribution is -2.14. The average Bonchev–Trinajstić information content (AvgIpc) is 2.77. The van der Waals surface area contributed by atoms with E-state index in [0.717, 1.165) is 17.0 Å². The number of anilines is 1. The van der Waals surface area contributed by atoms with Gasteiger partial charge in [-0.25, -0.2) is 9.78 Å². The van der Waals surface area contributed by atoms with Crippen molar-refractivity contribution in [2.24, 2.45) is 0 Å². The maximum Gasteiger partial charge on any atom is 0.338 e. The number of rotatable bonds is 3. The molecule has 18 heavy (non-hydrogen) atoms. The fourth-order valence-corrected chi connectivity index (χ4v) is 2.19. The van der Waals surface area contributed by atoms with Crippen molar-refractivity contribution in [3.05, 3.63) is 46.6 Å². The Balaban J connectivity index is 2.21. The summed E-state index contributed by atoms with van der Waals surface area (Å²) >= 11 is 1.16. The Bertz CT molecular complexity index is 607. The second kappa shape index (κ2) is 4.97. The molecule has 2 N–H and O–H groups in total. The van der Waals surface area contributed by atoms with E-state index in [-0.39, 0.29) is 11.3 Å². The number of thiophene rings is 1. The van der Waals surface area contributed by atoms with Crippen molar-refractivity contribution in [3.63, 3.8) is 0 Å². The minimum atomic E-state index is -1.07. The van der Waals surface area contributed by atoms with Crippen LogP contribution in [-0.2, 0) is 0 Å². The molecule has 0 aliphatic heterocycles. The lowest BCUT2D eigenvalue weighted by molar-refractivity contribution is 0.0698. The van der Waals surface area contributed by atoms with Gasteiger partial charge in [-0.1, -0.05) is 6.07 Å². The van der Waals surface area contributed by atoms with Crippen molar-refractivity contribution in [2.75, 3.05) is 5.32 Å². The Morgan fingerprint density at radius 3 is 2.78 bits per heavy atom. The van der Waals surface area contributed by atoms with Gasteiger partial charge in [0.15, 0.2) is 0 Å². The van der Waals surface area contributed by atoms with Gasteiger partial charge in [0.2, 0.25) is 0 Å². The van der Waals surface area contributed by atoms with Gasteiger partial charge in [0.05, 0.1) is 5.56 Å². The molecule has 0 radical (unpaired) electrons. The highest BCUT2D eigenvalue weighted by Crippen LogP contribution is 2.23. The number of amides is 1. The number of hydrogen-bond acceptors (Lipinski definition) is 4. The Hall–Kier alpha value is -2.21. The first-order valence-electron chi connectivity index (χ1n) is 5.13. The molecule has 0 saturated carbocycles. The zero-order valence-corrected chi connectivity index (χ0v) is 10.3. The van der Waals surface area contributed by atoms with Gasteiger partial charge >= 0.3 is 5.97 Å². The van der Waals surface area contributed by atoms with Gasteiger partial charge in [0.1, 0.15) is 10.7 Å². The normalized spacial score (nSPS) is 10.1. The first-order chi connectivity index (χ1) is 8.58. The van der Waals surface area contributed by atoms with Crippen LogP contribution < -0.4 is 5.32 Å². The van der Waals surface area contributed by atoms with E-state index in [2.05, 4.69) is 10.3 Å². The van der Waals surface area contributed by atoms with Crippen LogP contribution in [0.2, 0.25) is 0 Å². The SMILES string of the molecule is Cc1cccc(C(=O)Nc2sccc2C(=O)O)n1. The second-order valence-electron chi connectivity index (χ2n) is 3.59. The minimum absolute atomic E-state index is 0.0843. The van der Waals surface area contributed by atoms with Gasteiger partial charge < -0.3 is 10.4 Å². The Kier molecular flexibility index (Phi) is 3.38. The maximum absolute atomic E-state index is 11.9. The molecule has 2 aromatic heterocycles. The summed E-state index contributed by atoms with van der Waals surface area (Å²) in [4.78, 5) is 26.8. The summed E-state index contributed by atoms with van der Waals surface area (Å²) in [5.74, 6) is -1.48. The molecule has 0 aromatic carbocycles. The number of carbonyl (C=O) groups is 2. The summed E-state index contributed by atoms with van der Waals surface area (Å²) < 4.78 is 0. The third-order valence-corrected chi connectivity index (χ3v) is 3.07. The molecule has 92 valence electrons. The van der Waals surface area contributed by atoms with Crippen LogP contribution in [0.1, 0.15) is 26.5 Å². The van der Waals surface area contributed by atoms with Crippen LogP contribution in [0.15, 0.2) is 29.6 Å². The summed E-state index contributed by atoms with van der Waals surface area (Å²) in [5, 5.41) is 13.4. The fraction of sp³-hybridized carbons (Fsp3) is 0.0833. The van der Waals surface area contributed by atoms with Crippen LogP contribution >= 0.6 is 11.3 Å². The van der Waals surface area contributed by atoms with Crippen molar-refractivity contribution in [2.45, 2.75) is 6.92 Å². The predicted octanol–water partition coefficient (Wildman–Crippen LogP) is 2.40. The molecular weight excluding hydrogens is 252 g/mol.